The summed E-state index contributed by atoms with van der Waals surface area (Å²) in [6.07, 6.45) is 0.824. The van der Waals surface area contributed by atoms with Gasteiger partial charge < -0.3 is 9.47 Å². The van der Waals surface area contributed by atoms with Crippen molar-refractivity contribution in [3.63, 3.8) is 0 Å². The molecule has 0 radical (unpaired) electrons. The van der Waals surface area contributed by atoms with Crippen molar-refractivity contribution in [1.82, 2.24) is 9.97 Å². The normalized spacial score (nSPS) is 11.3. The molecule has 0 saturated heterocycles. The topological polar surface area (TPSA) is 44.2 Å². The highest BCUT2D eigenvalue weighted by Gasteiger charge is 2.13. The van der Waals surface area contributed by atoms with Crippen molar-refractivity contribution < 1.29 is 9.47 Å². The predicted molar refractivity (Wildman–Crippen MR) is 119 cm³/mol. The number of aryl methyl sites for hydroxylation is 1. The van der Waals surface area contributed by atoms with Crippen LogP contribution in [0.25, 0.3) is 0 Å². The molecule has 0 atom stereocenters. The Bertz CT molecular complexity index is 950. The van der Waals surface area contributed by atoms with Crippen LogP contribution in [0.4, 0.5) is 0 Å². The fourth-order valence-electron chi connectivity index (χ4n) is 2.78. The van der Waals surface area contributed by atoms with Crippen LogP contribution in [-0.4, -0.2) is 17.1 Å². The lowest BCUT2D eigenvalue weighted by Crippen LogP contribution is -2.10. The number of hydrogen-bond donors (Lipinski definition) is 0. The Morgan fingerprint density at radius 1 is 0.931 bits per heavy atom. The summed E-state index contributed by atoms with van der Waals surface area (Å²) in [5.41, 5.74) is 3.72. The van der Waals surface area contributed by atoms with Gasteiger partial charge in [-0.25, -0.2) is 4.98 Å². The van der Waals surface area contributed by atoms with Gasteiger partial charge in [0.2, 0.25) is 5.88 Å². The number of nitrogens with zero attached hydrogens (tertiary/aromatic N) is 2. The molecule has 5 heteroatoms. The summed E-state index contributed by atoms with van der Waals surface area (Å²) in [5.74, 6) is 2.81. The first-order chi connectivity index (χ1) is 13.9. The zero-order valence-electron chi connectivity index (χ0n) is 17.7. The van der Waals surface area contributed by atoms with Crippen molar-refractivity contribution in [2.45, 2.75) is 50.4 Å². The Kier molecular flexibility index (Phi) is 6.80. The lowest BCUT2D eigenvalue weighted by atomic mass is 9.87. The van der Waals surface area contributed by atoms with Gasteiger partial charge in [-0.1, -0.05) is 69.8 Å². The second kappa shape index (κ2) is 9.31. The summed E-state index contributed by atoms with van der Waals surface area (Å²) >= 11 is 1.62. The zero-order valence-corrected chi connectivity index (χ0v) is 18.5. The van der Waals surface area contributed by atoms with E-state index in [-0.39, 0.29) is 5.41 Å². The van der Waals surface area contributed by atoms with Gasteiger partial charge in [0, 0.05) is 23.6 Å². The smallest absolute Gasteiger partial charge is 0.223 e. The van der Waals surface area contributed by atoms with Gasteiger partial charge in [0.05, 0.1) is 7.11 Å². The van der Waals surface area contributed by atoms with E-state index >= 15 is 0 Å². The van der Waals surface area contributed by atoms with Crippen LogP contribution in [0.15, 0.2) is 59.8 Å². The molecule has 0 aliphatic rings. The Labute approximate surface area is 177 Å². The maximum absolute atomic E-state index is 5.96. The minimum absolute atomic E-state index is 0.163. The van der Waals surface area contributed by atoms with Gasteiger partial charge in [0.1, 0.15) is 11.5 Å². The number of benzene rings is 2. The molecule has 0 spiro atoms. The maximum atomic E-state index is 5.96. The second-order valence-corrected chi connectivity index (χ2v) is 8.79. The average Bonchev–Trinajstić information content (AvgIpc) is 2.72. The van der Waals surface area contributed by atoms with Crippen molar-refractivity contribution in [3.8, 4) is 17.4 Å². The zero-order chi connectivity index (χ0) is 20.9. The van der Waals surface area contributed by atoms with Crippen molar-refractivity contribution in [1.29, 1.82) is 0 Å². The number of methoxy groups -OCH3 is 1. The molecule has 3 rings (SSSR count). The predicted octanol–water partition coefficient (Wildman–Crippen LogP) is 6.43. The molecule has 0 aliphatic carbocycles. The molecular formula is C24H28N2O2S. The third kappa shape index (κ3) is 5.97. The first-order valence-corrected chi connectivity index (χ1v) is 10.8. The second-order valence-electron chi connectivity index (χ2n) is 7.85. The number of aromatic nitrogens is 2. The summed E-state index contributed by atoms with van der Waals surface area (Å²) in [6.45, 7) is 8.76. The summed E-state index contributed by atoms with van der Waals surface area (Å²) in [6, 6.07) is 18.2. The highest BCUT2D eigenvalue weighted by molar-refractivity contribution is 7.98. The lowest BCUT2D eigenvalue weighted by molar-refractivity contribution is 0.406. The molecule has 0 aliphatic heterocycles. The van der Waals surface area contributed by atoms with Gasteiger partial charge in [-0.15, -0.1) is 0 Å². The minimum atomic E-state index is 0.163. The fraction of sp³-hybridized carbons (Fsp3) is 0.333. The summed E-state index contributed by atoms with van der Waals surface area (Å²) in [5, 5.41) is 0.724. The largest absolute Gasteiger partial charge is 0.497 e. The van der Waals surface area contributed by atoms with E-state index < -0.39 is 0 Å². The molecule has 1 aromatic heterocycles. The maximum Gasteiger partial charge on any atom is 0.223 e. The van der Waals surface area contributed by atoms with Crippen LogP contribution in [0.5, 0.6) is 17.4 Å². The summed E-state index contributed by atoms with van der Waals surface area (Å²) in [4.78, 5) is 9.24. The third-order valence-corrected chi connectivity index (χ3v) is 5.47. The van der Waals surface area contributed by atoms with Crippen LogP contribution < -0.4 is 9.47 Å². The lowest BCUT2D eigenvalue weighted by Gasteiger charge is -2.19. The standard InChI is InChI=1S/C24H28N2O2S/c1-6-19-14-22(28-21-9-7-8-20(15-21)27-5)26-23(25-19)29-16-17-10-12-18(13-11-17)24(2,3)4/h7-15H,6,16H2,1-5H3. The van der Waals surface area contributed by atoms with E-state index in [2.05, 4.69) is 61.9 Å². The van der Waals surface area contributed by atoms with E-state index in [0.29, 0.717) is 11.6 Å². The molecule has 2 aromatic carbocycles. The average molecular weight is 409 g/mol. The SMILES string of the molecule is CCc1cc(Oc2cccc(OC)c2)nc(SCc2ccc(C(C)(C)C)cc2)n1. The molecule has 0 N–H and O–H groups in total. The fourth-order valence-corrected chi connectivity index (χ4v) is 3.61. The van der Waals surface area contributed by atoms with Gasteiger partial charge in [0.25, 0.3) is 0 Å². The minimum Gasteiger partial charge on any atom is -0.497 e. The van der Waals surface area contributed by atoms with Crippen molar-refractivity contribution >= 4 is 11.8 Å². The van der Waals surface area contributed by atoms with Crippen LogP contribution in [0.2, 0.25) is 0 Å². The van der Waals surface area contributed by atoms with E-state index in [4.69, 9.17) is 9.47 Å². The van der Waals surface area contributed by atoms with Gasteiger partial charge in [0.15, 0.2) is 5.16 Å². The first-order valence-electron chi connectivity index (χ1n) is 9.79. The molecule has 0 bridgehead atoms. The number of ether oxygens (including phenoxy) is 2. The molecule has 1 heterocycles. The molecule has 0 amide bonds. The number of rotatable bonds is 7. The molecule has 152 valence electrons. The monoisotopic (exact) mass is 408 g/mol. The highest BCUT2D eigenvalue weighted by Crippen LogP contribution is 2.28. The molecule has 4 nitrogen and oxygen atoms in total. The quantitative estimate of drug-likeness (QED) is 0.333. The van der Waals surface area contributed by atoms with E-state index in [1.54, 1.807) is 18.9 Å². The van der Waals surface area contributed by atoms with Crippen LogP contribution in [-0.2, 0) is 17.6 Å². The number of hydrogen-bond acceptors (Lipinski definition) is 5. The summed E-state index contributed by atoms with van der Waals surface area (Å²) in [7, 11) is 1.64. The van der Waals surface area contributed by atoms with Crippen molar-refractivity contribution in [3.05, 3.63) is 71.4 Å². The van der Waals surface area contributed by atoms with Gasteiger partial charge in [-0.2, -0.15) is 4.98 Å². The van der Waals surface area contributed by atoms with E-state index in [1.807, 2.05) is 30.3 Å². The molecule has 3 aromatic rings. The van der Waals surface area contributed by atoms with E-state index in [9.17, 15) is 0 Å². The van der Waals surface area contributed by atoms with Crippen LogP contribution >= 0.6 is 11.8 Å². The van der Waals surface area contributed by atoms with Crippen molar-refractivity contribution in [2.75, 3.05) is 7.11 Å². The van der Waals surface area contributed by atoms with Crippen LogP contribution in [0, 0.1) is 0 Å². The van der Waals surface area contributed by atoms with Gasteiger partial charge in [-0.05, 0) is 35.1 Å². The van der Waals surface area contributed by atoms with E-state index in [0.717, 1.165) is 28.8 Å². The Hall–Kier alpha value is -2.53. The third-order valence-electron chi connectivity index (χ3n) is 4.55. The summed E-state index contributed by atoms with van der Waals surface area (Å²) < 4.78 is 11.2. The van der Waals surface area contributed by atoms with Gasteiger partial charge >= 0.3 is 0 Å². The Balaban J connectivity index is 1.73. The number of thioether (sulfide) groups is 1. The van der Waals surface area contributed by atoms with Crippen LogP contribution in [0.1, 0.15) is 44.5 Å². The van der Waals surface area contributed by atoms with Crippen molar-refractivity contribution in [2.24, 2.45) is 0 Å². The van der Waals surface area contributed by atoms with Gasteiger partial charge in [-0.3, -0.25) is 0 Å². The molecule has 0 fully saturated rings. The van der Waals surface area contributed by atoms with E-state index in [1.165, 1.54) is 11.1 Å². The molecule has 0 unspecified atom stereocenters. The molecule has 29 heavy (non-hydrogen) atoms. The molecule has 0 saturated carbocycles. The first kappa shape index (κ1) is 21.2. The Morgan fingerprint density at radius 2 is 1.66 bits per heavy atom. The molecular weight excluding hydrogens is 380 g/mol. The van der Waals surface area contributed by atoms with Crippen LogP contribution in [0.3, 0.4) is 0 Å². The highest BCUT2D eigenvalue weighted by atomic mass is 32.2. The Morgan fingerprint density at radius 3 is 2.31 bits per heavy atom.